The summed E-state index contributed by atoms with van der Waals surface area (Å²) in [5, 5.41) is 9.99. The van der Waals surface area contributed by atoms with Crippen molar-refractivity contribution >= 4 is 40.9 Å². The van der Waals surface area contributed by atoms with Gasteiger partial charge >= 0.3 is 0 Å². The molecule has 8 heteroatoms. The van der Waals surface area contributed by atoms with Gasteiger partial charge in [0.1, 0.15) is 0 Å². The van der Waals surface area contributed by atoms with E-state index < -0.39 is 23.7 Å². The molecular weight excluding hydrogens is 534 g/mol. The molecule has 6 rings (SSSR count). The molecule has 2 amide bonds. The number of allylic oxidation sites excluding steroid dienone is 7. The molecule has 1 saturated heterocycles. The molecule has 1 N–H and O–H groups in total. The molecule has 4 aliphatic rings. The summed E-state index contributed by atoms with van der Waals surface area (Å²) in [5.41, 5.74) is 3.61. The molecule has 2 aromatic rings. The molecule has 8 nitrogen and oxygen atoms in total. The molecule has 42 heavy (non-hydrogen) atoms. The Kier molecular flexibility index (Phi) is 6.64. The van der Waals surface area contributed by atoms with E-state index in [9.17, 15) is 29.1 Å². The summed E-state index contributed by atoms with van der Waals surface area (Å²) in [7, 11) is 1.45. The lowest BCUT2D eigenvalue weighted by Gasteiger charge is -2.41. The van der Waals surface area contributed by atoms with Gasteiger partial charge in [-0.1, -0.05) is 29.9 Å². The predicted molar refractivity (Wildman–Crippen MR) is 155 cm³/mol. The van der Waals surface area contributed by atoms with Crippen LogP contribution in [0.5, 0.6) is 11.5 Å². The quantitative estimate of drug-likeness (QED) is 0.241. The van der Waals surface area contributed by atoms with Gasteiger partial charge in [0.15, 0.2) is 28.8 Å². The van der Waals surface area contributed by atoms with E-state index >= 15 is 0 Å². The number of carbonyl (C=O) groups excluding carboxylic acids is 5. The Hall–Kier alpha value is -4.85. The van der Waals surface area contributed by atoms with Crippen LogP contribution in [0.3, 0.4) is 0 Å². The number of fused-ring (bicyclic) bond motifs is 3. The summed E-state index contributed by atoms with van der Waals surface area (Å²) in [6, 6.07) is 11.3. The van der Waals surface area contributed by atoms with Crippen LogP contribution in [-0.4, -0.2) is 41.4 Å². The van der Waals surface area contributed by atoms with Crippen LogP contribution in [0.4, 0.5) is 5.69 Å². The number of hydrogen-bond donors (Lipinski definition) is 1. The standard InChI is InChI=1S/C34H29NO7/c1-17-14-28(38)30-23(10-4-19-5-13-27(37)29(15-19)42-3)22-11-12-24-31(25(22)16-26(30)32(17)39)34(41)35(33(24)40)21-8-6-20(7-9-21)18(2)36/h4-11,13-15,23-25,31,37H,12,16H2,1-3H3. The largest absolute Gasteiger partial charge is 0.504 e. The van der Waals surface area contributed by atoms with Gasteiger partial charge in [-0.3, -0.25) is 28.9 Å². The minimum Gasteiger partial charge on any atom is -0.504 e. The molecule has 4 atom stereocenters. The topological polar surface area (TPSA) is 118 Å². The number of carbonyl (C=O) groups is 5. The van der Waals surface area contributed by atoms with Crippen molar-refractivity contribution in [1.82, 2.24) is 0 Å². The summed E-state index contributed by atoms with van der Waals surface area (Å²) >= 11 is 0. The second-order valence-corrected chi connectivity index (χ2v) is 11.2. The summed E-state index contributed by atoms with van der Waals surface area (Å²) in [6.45, 7) is 3.06. The number of imide groups is 1. The summed E-state index contributed by atoms with van der Waals surface area (Å²) < 4.78 is 5.22. The fourth-order valence-corrected chi connectivity index (χ4v) is 6.76. The lowest BCUT2D eigenvalue weighted by Crippen LogP contribution is -2.40. The SMILES string of the molecule is COc1cc(C=CC2C3=CCC4C(=O)N(c5ccc(C(C)=O)cc5)C(=O)C4C3CC3=C2C(=O)C=C(C)C3=O)ccc1O. The molecule has 0 radical (unpaired) electrons. The highest BCUT2D eigenvalue weighted by molar-refractivity contribution is 6.24. The second kappa shape index (κ2) is 10.2. The summed E-state index contributed by atoms with van der Waals surface area (Å²) in [5.74, 6) is -3.19. The highest BCUT2D eigenvalue weighted by Crippen LogP contribution is 2.53. The molecule has 2 aromatic carbocycles. The number of aromatic hydroxyl groups is 1. The number of rotatable bonds is 5. The van der Waals surface area contributed by atoms with Crippen LogP contribution in [0.15, 0.2) is 83.0 Å². The third-order valence-electron chi connectivity index (χ3n) is 8.83. The van der Waals surface area contributed by atoms with Gasteiger partial charge in [-0.15, -0.1) is 0 Å². The second-order valence-electron chi connectivity index (χ2n) is 11.2. The maximum Gasteiger partial charge on any atom is 0.238 e. The normalized spacial score (nSPS) is 25.3. The fourth-order valence-electron chi connectivity index (χ4n) is 6.76. The molecule has 1 heterocycles. The molecule has 0 bridgehead atoms. The minimum absolute atomic E-state index is 0.00280. The first-order valence-electron chi connectivity index (χ1n) is 13.8. The van der Waals surface area contributed by atoms with Crippen LogP contribution in [0, 0.1) is 23.7 Å². The van der Waals surface area contributed by atoms with Crippen LogP contribution in [0.2, 0.25) is 0 Å². The Morgan fingerprint density at radius 3 is 2.45 bits per heavy atom. The van der Waals surface area contributed by atoms with Gasteiger partial charge < -0.3 is 9.84 Å². The van der Waals surface area contributed by atoms with Gasteiger partial charge in [-0.2, -0.15) is 0 Å². The van der Waals surface area contributed by atoms with Gasteiger partial charge in [0.2, 0.25) is 11.8 Å². The molecule has 1 fully saturated rings. The summed E-state index contributed by atoms with van der Waals surface area (Å²) in [6.07, 6.45) is 7.51. The molecule has 3 aliphatic carbocycles. The number of Topliss-reactive ketones (excluding diaryl/α,β-unsaturated/α-hetero) is 2. The Bertz CT molecular complexity index is 1710. The number of nitrogens with zero attached hydrogens (tertiary/aromatic N) is 1. The van der Waals surface area contributed by atoms with Crippen molar-refractivity contribution in [3.05, 3.63) is 94.1 Å². The van der Waals surface area contributed by atoms with Crippen LogP contribution in [-0.2, 0) is 19.2 Å². The number of amides is 2. The highest BCUT2D eigenvalue weighted by Gasteiger charge is 2.56. The lowest BCUT2D eigenvalue weighted by molar-refractivity contribution is -0.123. The van der Waals surface area contributed by atoms with Crippen molar-refractivity contribution in [2.24, 2.45) is 23.7 Å². The average Bonchev–Trinajstić information content (AvgIpc) is 3.24. The van der Waals surface area contributed by atoms with Crippen molar-refractivity contribution in [3.8, 4) is 11.5 Å². The van der Waals surface area contributed by atoms with Crippen LogP contribution in [0.1, 0.15) is 42.6 Å². The number of ketones is 3. The zero-order valence-corrected chi connectivity index (χ0v) is 23.4. The molecule has 0 saturated carbocycles. The number of hydrogen-bond acceptors (Lipinski definition) is 7. The van der Waals surface area contributed by atoms with Crippen molar-refractivity contribution in [3.63, 3.8) is 0 Å². The van der Waals surface area contributed by atoms with E-state index in [-0.39, 0.29) is 41.3 Å². The Balaban J connectivity index is 1.40. The molecular formula is C34H29NO7. The van der Waals surface area contributed by atoms with Crippen LogP contribution in [0.25, 0.3) is 6.08 Å². The van der Waals surface area contributed by atoms with Gasteiger partial charge in [-0.25, -0.2) is 0 Å². The fraction of sp³-hybridized carbons (Fsp3) is 0.265. The number of anilines is 1. The Morgan fingerprint density at radius 2 is 1.76 bits per heavy atom. The number of phenolic OH excluding ortho intramolecular Hbond substituents is 1. The smallest absolute Gasteiger partial charge is 0.238 e. The van der Waals surface area contributed by atoms with Gasteiger partial charge in [0, 0.05) is 28.2 Å². The number of methoxy groups -OCH3 is 1. The van der Waals surface area contributed by atoms with Gasteiger partial charge in [0.25, 0.3) is 0 Å². The van der Waals surface area contributed by atoms with Crippen molar-refractivity contribution in [1.29, 1.82) is 0 Å². The maximum atomic E-state index is 14.0. The van der Waals surface area contributed by atoms with Crippen molar-refractivity contribution in [2.45, 2.75) is 26.7 Å². The molecule has 1 aliphatic heterocycles. The number of benzene rings is 2. The molecule has 4 unspecified atom stereocenters. The predicted octanol–water partition coefficient (Wildman–Crippen LogP) is 4.78. The minimum atomic E-state index is -0.683. The van der Waals surface area contributed by atoms with Gasteiger partial charge in [0.05, 0.1) is 24.6 Å². The first-order chi connectivity index (χ1) is 20.1. The van der Waals surface area contributed by atoms with E-state index in [0.29, 0.717) is 40.1 Å². The van der Waals surface area contributed by atoms with E-state index in [1.165, 1.54) is 31.1 Å². The van der Waals surface area contributed by atoms with E-state index in [1.54, 1.807) is 49.4 Å². The van der Waals surface area contributed by atoms with Crippen LogP contribution < -0.4 is 9.64 Å². The average molecular weight is 564 g/mol. The zero-order chi connectivity index (χ0) is 29.9. The molecule has 212 valence electrons. The lowest BCUT2D eigenvalue weighted by atomic mass is 9.60. The number of phenols is 1. The Morgan fingerprint density at radius 1 is 1.02 bits per heavy atom. The van der Waals surface area contributed by atoms with Gasteiger partial charge in [-0.05, 0) is 80.6 Å². The number of ether oxygens (including phenoxy) is 1. The monoisotopic (exact) mass is 563 g/mol. The van der Waals surface area contributed by atoms with E-state index in [1.807, 2.05) is 12.2 Å². The van der Waals surface area contributed by atoms with Crippen LogP contribution >= 0.6 is 0 Å². The third-order valence-corrected chi connectivity index (χ3v) is 8.83. The van der Waals surface area contributed by atoms with E-state index in [0.717, 1.165) is 11.1 Å². The maximum absolute atomic E-state index is 14.0. The Labute approximate surface area is 242 Å². The summed E-state index contributed by atoms with van der Waals surface area (Å²) in [4.78, 5) is 67.2. The van der Waals surface area contributed by atoms with E-state index in [2.05, 4.69) is 0 Å². The first kappa shape index (κ1) is 27.3. The molecule has 0 aromatic heterocycles. The molecule has 0 spiro atoms. The first-order valence-corrected chi connectivity index (χ1v) is 13.8. The van der Waals surface area contributed by atoms with Crippen molar-refractivity contribution in [2.75, 3.05) is 12.0 Å². The zero-order valence-electron chi connectivity index (χ0n) is 23.4. The van der Waals surface area contributed by atoms with Crippen molar-refractivity contribution < 1.29 is 33.8 Å². The highest BCUT2D eigenvalue weighted by atomic mass is 16.5. The third kappa shape index (κ3) is 4.26. The van der Waals surface area contributed by atoms with E-state index in [4.69, 9.17) is 4.74 Å².